The first-order chi connectivity index (χ1) is 18.0. The molecule has 2 N–H and O–H groups in total. The maximum Gasteiger partial charge on any atom is 0.193 e. The molecule has 1 aliphatic carbocycles. The fraction of sp³-hybridized carbons (Fsp3) is 0.517. The molecule has 3 aromatic rings. The van der Waals surface area contributed by atoms with Crippen molar-refractivity contribution < 1.29 is 9.50 Å². The van der Waals surface area contributed by atoms with Crippen molar-refractivity contribution in [1.29, 1.82) is 0 Å². The molecule has 3 aliphatic rings. The number of aliphatic hydroxyl groups is 1. The average molecular weight is 506 g/mol. The Morgan fingerprint density at radius 2 is 2.05 bits per heavy atom. The summed E-state index contributed by atoms with van der Waals surface area (Å²) in [5.74, 6) is -0.390. The summed E-state index contributed by atoms with van der Waals surface area (Å²) in [7, 11) is 0. The van der Waals surface area contributed by atoms with Crippen LogP contribution in [-0.4, -0.2) is 57.9 Å². The Hall–Kier alpha value is -2.81. The summed E-state index contributed by atoms with van der Waals surface area (Å²) < 4.78 is 17.5. The number of rotatable bonds is 7. The van der Waals surface area contributed by atoms with Crippen LogP contribution in [0.25, 0.3) is 10.9 Å². The van der Waals surface area contributed by atoms with Gasteiger partial charge in [-0.15, -0.1) is 0 Å². The molecule has 2 atom stereocenters. The Morgan fingerprint density at radius 3 is 2.76 bits per heavy atom. The molecule has 8 heteroatoms. The maximum absolute atomic E-state index is 15.3. The summed E-state index contributed by atoms with van der Waals surface area (Å²) in [4.78, 5) is 22.4. The highest BCUT2D eigenvalue weighted by Crippen LogP contribution is 2.38. The molecule has 3 fully saturated rings. The SMILES string of the molecule is Cc1cc(CN(Cc2cn(C3CC3)c3cc(N4CC[C@@H](O)C4)c(F)cc3c2=O)[C@H]2CCCNC2)ccn1. The molecule has 1 saturated carbocycles. The minimum absolute atomic E-state index is 0.0847. The molecule has 6 rings (SSSR count). The van der Waals surface area contributed by atoms with Crippen molar-refractivity contribution in [2.75, 3.05) is 31.1 Å². The number of halogens is 1. The molecule has 37 heavy (non-hydrogen) atoms. The van der Waals surface area contributed by atoms with Crippen molar-refractivity contribution in [3.8, 4) is 0 Å². The van der Waals surface area contributed by atoms with Gasteiger partial charge in [-0.2, -0.15) is 0 Å². The minimum atomic E-state index is -0.437. The van der Waals surface area contributed by atoms with Crippen LogP contribution in [0.4, 0.5) is 10.1 Å². The van der Waals surface area contributed by atoms with E-state index in [2.05, 4.69) is 25.8 Å². The molecule has 0 radical (unpaired) electrons. The number of fused-ring (bicyclic) bond motifs is 1. The number of pyridine rings is 2. The van der Waals surface area contributed by atoms with Gasteiger partial charge in [0.25, 0.3) is 0 Å². The monoisotopic (exact) mass is 505 g/mol. The van der Waals surface area contributed by atoms with E-state index >= 15 is 4.39 Å². The third-order valence-corrected chi connectivity index (χ3v) is 8.13. The molecule has 0 unspecified atom stereocenters. The molecule has 2 saturated heterocycles. The average Bonchev–Trinajstić information content (AvgIpc) is 3.65. The van der Waals surface area contributed by atoms with Crippen molar-refractivity contribution in [1.82, 2.24) is 19.8 Å². The molecule has 2 aromatic heterocycles. The summed E-state index contributed by atoms with van der Waals surface area (Å²) >= 11 is 0. The Kier molecular flexibility index (Phi) is 6.73. The molecule has 7 nitrogen and oxygen atoms in total. The standard InChI is InChI=1S/C29H36FN5O2/c1-19-11-20(6-9-32-19)15-34(23-3-2-8-31-14-23)16-21-17-35(22-4-5-22)27-13-28(33-10-7-24(36)18-33)26(30)12-25(27)29(21)37/h6,9,11-13,17,22-24,31,36H,2-5,7-8,10,14-16,18H2,1H3/t23-,24+/m0/s1. The largest absolute Gasteiger partial charge is 0.391 e. The van der Waals surface area contributed by atoms with Crippen LogP contribution in [-0.2, 0) is 13.1 Å². The van der Waals surface area contributed by atoms with E-state index in [1.165, 1.54) is 11.6 Å². The van der Waals surface area contributed by atoms with E-state index in [0.717, 1.165) is 62.1 Å². The Labute approximate surface area is 216 Å². The zero-order chi connectivity index (χ0) is 25.5. The molecule has 0 spiro atoms. The predicted molar refractivity (Wildman–Crippen MR) is 143 cm³/mol. The van der Waals surface area contributed by atoms with Crippen LogP contribution in [0, 0.1) is 12.7 Å². The van der Waals surface area contributed by atoms with Gasteiger partial charge in [0, 0.05) is 73.8 Å². The van der Waals surface area contributed by atoms with E-state index < -0.39 is 11.9 Å². The molecular formula is C29H36FN5O2. The molecular weight excluding hydrogens is 469 g/mol. The summed E-state index contributed by atoms with van der Waals surface area (Å²) in [6.07, 6.45) is 8.41. The summed E-state index contributed by atoms with van der Waals surface area (Å²) in [6, 6.07) is 8.08. The number of hydrogen-bond acceptors (Lipinski definition) is 6. The lowest BCUT2D eigenvalue weighted by molar-refractivity contribution is 0.149. The number of anilines is 1. The first-order valence-corrected chi connectivity index (χ1v) is 13.6. The number of β-amino-alcohol motifs (C(OH)–C–C–N with tert-alkyl or cyclic N) is 1. The van der Waals surface area contributed by atoms with E-state index in [0.29, 0.717) is 49.2 Å². The van der Waals surface area contributed by atoms with Gasteiger partial charge in [0.05, 0.1) is 17.3 Å². The molecule has 0 bridgehead atoms. The zero-order valence-electron chi connectivity index (χ0n) is 21.5. The molecule has 4 heterocycles. The highest BCUT2D eigenvalue weighted by molar-refractivity contribution is 5.84. The third-order valence-electron chi connectivity index (χ3n) is 8.13. The smallest absolute Gasteiger partial charge is 0.193 e. The Balaban J connectivity index is 1.39. The fourth-order valence-electron chi connectivity index (χ4n) is 6.00. The molecule has 196 valence electrons. The van der Waals surface area contributed by atoms with Gasteiger partial charge < -0.3 is 19.9 Å². The van der Waals surface area contributed by atoms with Crippen LogP contribution in [0.1, 0.15) is 55.0 Å². The van der Waals surface area contributed by atoms with Gasteiger partial charge in [0.15, 0.2) is 5.43 Å². The van der Waals surface area contributed by atoms with Crippen LogP contribution in [0.15, 0.2) is 41.5 Å². The lowest BCUT2D eigenvalue weighted by atomic mass is 10.0. The second kappa shape index (κ2) is 10.2. The second-order valence-corrected chi connectivity index (χ2v) is 11.0. The zero-order valence-corrected chi connectivity index (χ0v) is 21.5. The second-order valence-electron chi connectivity index (χ2n) is 11.0. The van der Waals surface area contributed by atoms with Gasteiger partial charge in [-0.25, -0.2) is 4.39 Å². The molecule has 1 aromatic carbocycles. The summed E-state index contributed by atoms with van der Waals surface area (Å²) in [5.41, 5.74) is 4.08. The molecule has 2 aliphatic heterocycles. The highest BCUT2D eigenvalue weighted by atomic mass is 19.1. The Morgan fingerprint density at radius 1 is 1.19 bits per heavy atom. The van der Waals surface area contributed by atoms with Crippen molar-refractivity contribution >= 4 is 16.6 Å². The van der Waals surface area contributed by atoms with E-state index in [4.69, 9.17) is 0 Å². The Bertz CT molecular complexity index is 1350. The third kappa shape index (κ3) is 5.15. The number of nitrogens with zero attached hydrogens (tertiary/aromatic N) is 4. The van der Waals surface area contributed by atoms with E-state index in [-0.39, 0.29) is 5.43 Å². The van der Waals surface area contributed by atoms with Crippen LogP contribution in [0.5, 0.6) is 0 Å². The van der Waals surface area contributed by atoms with E-state index in [9.17, 15) is 9.90 Å². The van der Waals surface area contributed by atoms with Crippen LogP contribution < -0.4 is 15.6 Å². The maximum atomic E-state index is 15.3. The highest BCUT2D eigenvalue weighted by Gasteiger charge is 2.29. The van der Waals surface area contributed by atoms with Gasteiger partial charge in [0.2, 0.25) is 0 Å². The number of aliphatic hydroxyl groups excluding tert-OH is 1. The number of aromatic nitrogens is 2. The number of nitrogens with one attached hydrogen (secondary N) is 1. The fourth-order valence-corrected chi connectivity index (χ4v) is 6.00. The number of hydrogen-bond donors (Lipinski definition) is 2. The lowest BCUT2D eigenvalue weighted by Crippen LogP contribution is -2.45. The van der Waals surface area contributed by atoms with Crippen LogP contribution >= 0.6 is 0 Å². The minimum Gasteiger partial charge on any atom is -0.391 e. The van der Waals surface area contributed by atoms with Crippen molar-refractivity contribution in [3.05, 3.63) is 69.5 Å². The van der Waals surface area contributed by atoms with Gasteiger partial charge in [-0.05, 0) is 75.4 Å². The van der Waals surface area contributed by atoms with Crippen molar-refractivity contribution in [3.63, 3.8) is 0 Å². The van der Waals surface area contributed by atoms with Gasteiger partial charge in [-0.3, -0.25) is 14.7 Å². The van der Waals surface area contributed by atoms with Crippen LogP contribution in [0.2, 0.25) is 0 Å². The first-order valence-electron chi connectivity index (χ1n) is 13.6. The van der Waals surface area contributed by atoms with Crippen LogP contribution in [0.3, 0.4) is 0 Å². The van der Waals surface area contributed by atoms with Gasteiger partial charge >= 0.3 is 0 Å². The summed E-state index contributed by atoms with van der Waals surface area (Å²) in [6.45, 7) is 6.23. The van der Waals surface area contributed by atoms with Gasteiger partial charge in [-0.1, -0.05) is 0 Å². The van der Waals surface area contributed by atoms with E-state index in [1.807, 2.05) is 36.4 Å². The van der Waals surface area contributed by atoms with E-state index in [1.54, 1.807) is 0 Å². The number of piperidine rings is 1. The first kappa shape index (κ1) is 24.5. The van der Waals surface area contributed by atoms with Crippen molar-refractivity contribution in [2.45, 2.75) is 70.3 Å². The molecule has 0 amide bonds. The van der Waals surface area contributed by atoms with Crippen molar-refractivity contribution in [2.24, 2.45) is 0 Å². The predicted octanol–water partition coefficient (Wildman–Crippen LogP) is 3.50. The quantitative estimate of drug-likeness (QED) is 0.512. The summed E-state index contributed by atoms with van der Waals surface area (Å²) in [5, 5.41) is 13.9. The lowest BCUT2D eigenvalue weighted by Gasteiger charge is -2.35. The topological polar surface area (TPSA) is 73.6 Å². The van der Waals surface area contributed by atoms with Gasteiger partial charge in [0.1, 0.15) is 5.82 Å². The normalized spacial score (nSPS) is 22.3. The number of aryl methyl sites for hydroxylation is 1. The number of benzene rings is 1.